The van der Waals surface area contributed by atoms with E-state index in [1.165, 1.54) is 0 Å². The Morgan fingerprint density at radius 1 is 1.54 bits per heavy atom. The first-order valence-electron chi connectivity index (χ1n) is 5.02. The van der Waals surface area contributed by atoms with Crippen molar-refractivity contribution < 1.29 is 9.90 Å². The predicted molar refractivity (Wildman–Crippen MR) is 56.2 cm³/mol. The van der Waals surface area contributed by atoms with Crippen LogP contribution < -0.4 is 0 Å². The van der Waals surface area contributed by atoms with Gasteiger partial charge in [0, 0.05) is 5.25 Å². The lowest BCUT2D eigenvalue weighted by Crippen LogP contribution is -2.33. The second-order valence-electron chi connectivity index (χ2n) is 3.84. The highest BCUT2D eigenvalue weighted by atomic mass is 32.2. The lowest BCUT2D eigenvalue weighted by Gasteiger charge is -2.26. The second-order valence-corrected chi connectivity index (χ2v) is 5.67. The van der Waals surface area contributed by atoms with Crippen molar-refractivity contribution >= 4 is 17.7 Å². The number of carboxylic acids is 1. The van der Waals surface area contributed by atoms with E-state index in [-0.39, 0.29) is 0 Å². The lowest BCUT2D eigenvalue weighted by molar-refractivity contribution is -0.139. The monoisotopic (exact) mass is 202 g/mol. The van der Waals surface area contributed by atoms with E-state index in [2.05, 4.69) is 13.8 Å². The first kappa shape index (κ1) is 10.9. The van der Waals surface area contributed by atoms with Gasteiger partial charge in [0.15, 0.2) is 0 Å². The Labute approximate surface area is 84.1 Å². The Morgan fingerprint density at radius 3 is 2.46 bits per heavy atom. The molecule has 2 nitrogen and oxygen atoms in total. The minimum atomic E-state index is -0.602. The van der Waals surface area contributed by atoms with Crippen LogP contribution in [0.25, 0.3) is 0 Å². The van der Waals surface area contributed by atoms with Crippen LogP contribution in [0.2, 0.25) is 0 Å². The molecule has 0 amide bonds. The molecule has 0 bridgehead atoms. The smallest absolute Gasteiger partial charge is 0.319 e. The van der Waals surface area contributed by atoms with E-state index < -0.39 is 10.7 Å². The van der Waals surface area contributed by atoms with Gasteiger partial charge in [-0.15, -0.1) is 11.8 Å². The van der Waals surface area contributed by atoms with E-state index >= 15 is 0 Å². The highest BCUT2D eigenvalue weighted by Crippen LogP contribution is 2.44. The summed E-state index contributed by atoms with van der Waals surface area (Å²) in [6, 6.07) is 0. The normalized spacial score (nSPS) is 22.9. The summed E-state index contributed by atoms with van der Waals surface area (Å²) in [7, 11) is 0. The summed E-state index contributed by atoms with van der Waals surface area (Å²) >= 11 is 1.66. The zero-order chi connectivity index (χ0) is 9.90. The Morgan fingerprint density at radius 2 is 2.08 bits per heavy atom. The van der Waals surface area contributed by atoms with Gasteiger partial charge in [-0.1, -0.05) is 26.7 Å². The molecule has 1 unspecified atom stereocenters. The molecule has 3 heteroatoms. The molecule has 0 aromatic heterocycles. The van der Waals surface area contributed by atoms with Crippen LogP contribution in [0.1, 0.15) is 46.0 Å². The molecule has 0 radical (unpaired) electrons. The molecule has 0 aliphatic heterocycles. The van der Waals surface area contributed by atoms with Crippen molar-refractivity contribution in [3.05, 3.63) is 0 Å². The van der Waals surface area contributed by atoms with Crippen molar-refractivity contribution in [1.82, 2.24) is 0 Å². The molecule has 76 valence electrons. The third-order valence-electron chi connectivity index (χ3n) is 2.80. The Balaban J connectivity index is 2.62. The molecule has 1 rings (SSSR count). The number of aliphatic carboxylic acids is 1. The van der Waals surface area contributed by atoms with Gasteiger partial charge in [0.25, 0.3) is 0 Å². The maximum absolute atomic E-state index is 11.2. The number of hydrogen-bond acceptors (Lipinski definition) is 2. The average molecular weight is 202 g/mol. The summed E-state index contributed by atoms with van der Waals surface area (Å²) < 4.78 is -0.449. The van der Waals surface area contributed by atoms with Crippen molar-refractivity contribution in [3.63, 3.8) is 0 Å². The summed E-state index contributed by atoms with van der Waals surface area (Å²) in [5.74, 6) is -0.602. The first-order valence-corrected chi connectivity index (χ1v) is 5.90. The van der Waals surface area contributed by atoms with Gasteiger partial charge in [-0.25, -0.2) is 0 Å². The quantitative estimate of drug-likeness (QED) is 0.761. The van der Waals surface area contributed by atoms with Gasteiger partial charge in [-0.3, -0.25) is 4.79 Å². The third kappa shape index (κ3) is 2.39. The molecule has 1 aliphatic carbocycles. The summed E-state index contributed by atoms with van der Waals surface area (Å²) in [6.45, 7) is 4.23. The van der Waals surface area contributed by atoms with Crippen LogP contribution in [0, 0.1) is 0 Å². The third-order valence-corrected chi connectivity index (χ3v) is 4.57. The molecule has 1 aliphatic rings. The van der Waals surface area contributed by atoms with Crippen molar-refractivity contribution in [1.29, 1.82) is 0 Å². The van der Waals surface area contributed by atoms with Crippen molar-refractivity contribution in [2.45, 2.75) is 55.9 Å². The molecule has 0 aromatic carbocycles. The van der Waals surface area contributed by atoms with E-state index in [4.69, 9.17) is 0 Å². The molecule has 1 N–H and O–H groups in total. The van der Waals surface area contributed by atoms with Crippen molar-refractivity contribution in [2.75, 3.05) is 0 Å². The van der Waals surface area contributed by atoms with Gasteiger partial charge >= 0.3 is 5.97 Å². The Kier molecular flexibility index (Phi) is 3.65. The van der Waals surface area contributed by atoms with Gasteiger partial charge < -0.3 is 5.11 Å². The summed E-state index contributed by atoms with van der Waals surface area (Å²) in [6.07, 6.45) is 4.93. The fourth-order valence-electron chi connectivity index (χ4n) is 1.80. The molecule has 1 fully saturated rings. The molecule has 0 aromatic rings. The van der Waals surface area contributed by atoms with E-state index in [0.717, 1.165) is 32.1 Å². The minimum Gasteiger partial charge on any atom is -0.480 e. The number of thioether (sulfide) groups is 1. The average Bonchev–Trinajstić information content (AvgIpc) is 2.54. The molecule has 0 heterocycles. The van der Waals surface area contributed by atoms with Crippen LogP contribution >= 0.6 is 11.8 Å². The summed E-state index contributed by atoms with van der Waals surface area (Å²) in [4.78, 5) is 11.2. The van der Waals surface area contributed by atoms with E-state index in [9.17, 15) is 9.90 Å². The van der Waals surface area contributed by atoms with Crippen LogP contribution in [-0.2, 0) is 4.79 Å². The summed E-state index contributed by atoms with van der Waals surface area (Å²) in [5.41, 5.74) is 0. The predicted octanol–water partition coefficient (Wildman–Crippen LogP) is 2.92. The molecule has 13 heavy (non-hydrogen) atoms. The number of hydrogen-bond donors (Lipinski definition) is 1. The topological polar surface area (TPSA) is 37.3 Å². The zero-order valence-corrected chi connectivity index (χ0v) is 9.19. The zero-order valence-electron chi connectivity index (χ0n) is 8.38. The van der Waals surface area contributed by atoms with Crippen LogP contribution in [0.4, 0.5) is 0 Å². The molecule has 1 saturated carbocycles. The van der Waals surface area contributed by atoms with E-state index in [1.54, 1.807) is 11.8 Å². The SMILES string of the molecule is CCC(C)SC1(C(=O)O)CCCC1. The van der Waals surface area contributed by atoms with Crippen LogP contribution in [-0.4, -0.2) is 21.1 Å². The molecule has 1 atom stereocenters. The number of rotatable bonds is 4. The van der Waals surface area contributed by atoms with E-state index in [0.29, 0.717) is 5.25 Å². The molecular weight excluding hydrogens is 184 g/mol. The van der Waals surface area contributed by atoms with Crippen LogP contribution in [0.3, 0.4) is 0 Å². The van der Waals surface area contributed by atoms with Gasteiger partial charge in [-0.2, -0.15) is 0 Å². The van der Waals surface area contributed by atoms with E-state index in [1.807, 2.05) is 0 Å². The minimum absolute atomic E-state index is 0.449. The first-order chi connectivity index (χ1) is 6.10. The molecule has 0 spiro atoms. The Bertz CT molecular complexity index is 185. The molecule has 0 saturated heterocycles. The van der Waals surface area contributed by atoms with Gasteiger partial charge in [0.05, 0.1) is 0 Å². The largest absolute Gasteiger partial charge is 0.480 e. The maximum Gasteiger partial charge on any atom is 0.319 e. The number of carbonyl (C=O) groups is 1. The molecular formula is C10H18O2S. The van der Waals surface area contributed by atoms with Crippen molar-refractivity contribution in [2.24, 2.45) is 0 Å². The summed E-state index contributed by atoms with van der Waals surface area (Å²) in [5, 5.41) is 9.65. The van der Waals surface area contributed by atoms with Gasteiger partial charge in [-0.05, 0) is 19.3 Å². The van der Waals surface area contributed by atoms with Gasteiger partial charge in [0.1, 0.15) is 4.75 Å². The van der Waals surface area contributed by atoms with Crippen molar-refractivity contribution in [3.8, 4) is 0 Å². The Hall–Kier alpha value is -0.180. The second kappa shape index (κ2) is 4.36. The standard InChI is InChI=1S/C10H18O2S/c1-3-8(2)13-10(9(11)12)6-4-5-7-10/h8H,3-7H2,1-2H3,(H,11,12). The lowest BCUT2D eigenvalue weighted by atomic mass is 10.1. The fourth-order valence-corrected chi connectivity index (χ4v) is 3.36. The fraction of sp³-hybridized carbons (Fsp3) is 0.900. The highest BCUT2D eigenvalue weighted by molar-refractivity contribution is 8.02. The maximum atomic E-state index is 11.2. The highest BCUT2D eigenvalue weighted by Gasteiger charge is 2.42. The van der Waals surface area contributed by atoms with Gasteiger partial charge in [0.2, 0.25) is 0 Å². The number of carboxylic acid groups (broad SMARTS) is 1. The van der Waals surface area contributed by atoms with Crippen LogP contribution in [0.5, 0.6) is 0 Å². The van der Waals surface area contributed by atoms with Crippen LogP contribution in [0.15, 0.2) is 0 Å².